The first-order valence-electron chi connectivity index (χ1n) is 4.73. The average Bonchev–Trinajstić information content (AvgIpc) is 2.84. The van der Waals surface area contributed by atoms with Gasteiger partial charge in [0, 0.05) is 7.05 Å². The van der Waals surface area contributed by atoms with Crippen LogP contribution in [0.1, 0.15) is 15.4 Å². The van der Waals surface area contributed by atoms with Gasteiger partial charge in [0.25, 0.3) is 0 Å². The Hall–Kier alpha value is -0.910. The fraction of sp³-hybridized carbons (Fsp3) is 0.0909. The molecule has 3 nitrogen and oxygen atoms in total. The molecule has 0 bridgehead atoms. The normalized spacial score (nSPS) is 11.2. The monoisotopic (exact) mass is 330 g/mol. The zero-order valence-electron chi connectivity index (χ0n) is 8.85. The smallest absolute Gasteiger partial charge is 0.195 e. The summed E-state index contributed by atoms with van der Waals surface area (Å²) in [6.07, 6.45) is 4.93. The van der Waals surface area contributed by atoms with E-state index >= 15 is 0 Å². The van der Waals surface area contributed by atoms with Crippen LogP contribution in [0.25, 0.3) is 6.08 Å². The number of nitrogens with zero attached hydrogens (tertiary/aromatic N) is 2. The molecule has 6 heteroatoms. The third-order valence-electron chi connectivity index (χ3n) is 2.15. The predicted molar refractivity (Wildman–Crippen MR) is 73.6 cm³/mol. The van der Waals surface area contributed by atoms with Crippen molar-refractivity contribution in [1.82, 2.24) is 9.78 Å². The second-order valence-electron chi connectivity index (χ2n) is 3.30. The highest BCUT2D eigenvalue weighted by molar-refractivity contribution is 9.10. The van der Waals surface area contributed by atoms with E-state index in [4.69, 9.17) is 11.6 Å². The molecule has 0 aliphatic rings. The number of rotatable bonds is 3. The molecule has 0 spiro atoms. The summed E-state index contributed by atoms with van der Waals surface area (Å²) in [5.74, 6) is -0.0602. The van der Waals surface area contributed by atoms with E-state index in [0.29, 0.717) is 9.21 Å². The van der Waals surface area contributed by atoms with Gasteiger partial charge < -0.3 is 0 Å². The Balaban J connectivity index is 2.19. The Morgan fingerprint density at radius 1 is 1.59 bits per heavy atom. The Bertz CT molecular complexity index is 569. The summed E-state index contributed by atoms with van der Waals surface area (Å²) in [5, 5.41) is 4.06. The van der Waals surface area contributed by atoms with Crippen LogP contribution < -0.4 is 0 Å². The number of thiophene rings is 1. The summed E-state index contributed by atoms with van der Waals surface area (Å²) in [6.45, 7) is 0. The van der Waals surface area contributed by atoms with Crippen LogP contribution in [0.2, 0.25) is 4.34 Å². The fourth-order valence-electron chi connectivity index (χ4n) is 1.29. The van der Waals surface area contributed by atoms with Crippen LogP contribution in [0.3, 0.4) is 0 Å². The lowest BCUT2D eigenvalue weighted by atomic mass is 10.2. The summed E-state index contributed by atoms with van der Waals surface area (Å²) in [5.41, 5.74) is 0.848. The molecular formula is C11H8BrClN2OS. The Labute approximate surface area is 116 Å². The molecule has 2 heterocycles. The van der Waals surface area contributed by atoms with Gasteiger partial charge in [0.2, 0.25) is 0 Å². The zero-order valence-corrected chi connectivity index (χ0v) is 12.0. The van der Waals surface area contributed by atoms with Gasteiger partial charge in [0.1, 0.15) is 0 Å². The number of aromatic nitrogens is 2. The predicted octanol–water partition coefficient (Wildman–Crippen LogP) is 3.79. The lowest BCUT2D eigenvalue weighted by Gasteiger charge is -1.94. The van der Waals surface area contributed by atoms with E-state index in [0.717, 1.165) is 10.2 Å². The maximum atomic E-state index is 11.8. The third-order valence-corrected chi connectivity index (χ3v) is 4.00. The van der Waals surface area contributed by atoms with Crippen LogP contribution >= 0.6 is 38.9 Å². The summed E-state index contributed by atoms with van der Waals surface area (Å²) < 4.78 is 3.16. The van der Waals surface area contributed by atoms with E-state index in [2.05, 4.69) is 21.0 Å². The highest BCUT2D eigenvalue weighted by Crippen LogP contribution is 2.23. The molecule has 0 fully saturated rings. The first-order valence-corrected chi connectivity index (χ1v) is 6.72. The van der Waals surface area contributed by atoms with Gasteiger partial charge in [-0.2, -0.15) is 5.10 Å². The molecule has 88 valence electrons. The van der Waals surface area contributed by atoms with Crippen molar-refractivity contribution in [2.45, 2.75) is 0 Å². The number of allylic oxidation sites excluding steroid dienone is 1. The molecule has 0 atom stereocenters. The second-order valence-corrected chi connectivity index (χ2v) is 5.87. The Kier molecular flexibility index (Phi) is 3.81. The van der Waals surface area contributed by atoms with Crippen LogP contribution in [-0.2, 0) is 7.05 Å². The number of carbonyl (C=O) groups is 1. The van der Waals surface area contributed by atoms with E-state index in [1.165, 1.54) is 17.4 Å². The molecule has 0 aliphatic heterocycles. The fourth-order valence-corrected chi connectivity index (χ4v) is 2.73. The van der Waals surface area contributed by atoms with Crippen LogP contribution in [0.15, 0.2) is 28.9 Å². The molecule has 0 amide bonds. The molecule has 2 aromatic rings. The summed E-state index contributed by atoms with van der Waals surface area (Å²) in [7, 11) is 1.82. The minimum Gasteiger partial charge on any atom is -0.288 e. The van der Waals surface area contributed by atoms with Crippen molar-refractivity contribution in [1.29, 1.82) is 0 Å². The van der Waals surface area contributed by atoms with Crippen molar-refractivity contribution in [3.05, 3.63) is 43.8 Å². The van der Waals surface area contributed by atoms with Gasteiger partial charge in [-0.25, -0.2) is 0 Å². The highest BCUT2D eigenvalue weighted by Gasteiger charge is 2.06. The average molecular weight is 332 g/mol. The molecule has 17 heavy (non-hydrogen) atoms. The lowest BCUT2D eigenvalue weighted by molar-refractivity contribution is 0.105. The maximum Gasteiger partial charge on any atom is 0.195 e. The number of hydrogen-bond acceptors (Lipinski definition) is 3. The van der Waals surface area contributed by atoms with Gasteiger partial charge in [-0.1, -0.05) is 11.6 Å². The van der Waals surface area contributed by atoms with Crippen molar-refractivity contribution in [3.8, 4) is 0 Å². The first-order chi connectivity index (χ1) is 8.08. The molecule has 0 radical (unpaired) electrons. The summed E-state index contributed by atoms with van der Waals surface area (Å²) >= 11 is 10.4. The molecule has 0 unspecified atom stereocenters. The summed E-state index contributed by atoms with van der Waals surface area (Å²) in [6, 6.07) is 3.44. The molecule has 0 aromatic carbocycles. The Morgan fingerprint density at radius 3 is 2.88 bits per heavy atom. The number of ketones is 1. The number of carbonyl (C=O) groups excluding carboxylic acids is 1. The quantitative estimate of drug-likeness (QED) is 0.633. The molecular weight excluding hydrogens is 324 g/mol. The summed E-state index contributed by atoms with van der Waals surface area (Å²) in [4.78, 5) is 12.4. The highest BCUT2D eigenvalue weighted by atomic mass is 79.9. The van der Waals surface area contributed by atoms with Crippen LogP contribution in [0.4, 0.5) is 0 Å². The van der Waals surface area contributed by atoms with Gasteiger partial charge in [-0.15, -0.1) is 11.3 Å². The minimum atomic E-state index is -0.0602. The van der Waals surface area contributed by atoms with Gasteiger partial charge in [-0.3, -0.25) is 9.48 Å². The van der Waals surface area contributed by atoms with E-state index in [-0.39, 0.29) is 5.78 Å². The van der Waals surface area contributed by atoms with E-state index in [1.54, 1.807) is 29.1 Å². The molecule has 0 saturated carbocycles. The third kappa shape index (κ3) is 2.86. The topological polar surface area (TPSA) is 34.9 Å². The van der Waals surface area contributed by atoms with Gasteiger partial charge in [0.05, 0.1) is 25.6 Å². The molecule has 0 saturated heterocycles. The van der Waals surface area contributed by atoms with Crippen molar-refractivity contribution < 1.29 is 4.79 Å². The number of hydrogen-bond donors (Lipinski definition) is 0. The van der Waals surface area contributed by atoms with Crippen molar-refractivity contribution >= 4 is 50.7 Å². The molecule has 0 N–H and O–H groups in total. The van der Waals surface area contributed by atoms with Crippen molar-refractivity contribution in [2.24, 2.45) is 7.05 Å². The first kappa shape index (κ1) is 12.5. The number of halogens is 2. The standard InChI is InChI=1S/C11H8BrClN2OS/c1-15-8(7(12)6-14-15)2-3-9(16)10-4-5-11(13)17-10/h2-6H,1H3/b3-2+. The van der Waals surface area contributed by atoms with Gasteiger partial charge >= 0.3 is 0 Å². The maximum absolute atomic E-state index is 11.8. The van der Waals surface area contributed by atoms with Crippen molar-refractivity contribution in [3.63, 3.8) is 0 Å². The van der Waals surface area contributed by atoms with Crippen LogP contribution in [-0.4, -0.2) is 15.6 Å². The van der Waals surface area contributed by atoms with Crippen LogP contribution in [0, 0.1) is 0 Å². The molecule has 0 aliphatic carbocycles. The largest absolute Gasteiger partial charge is 0.288 e. The minimum absolute atomic E-state index is 0.0602. The van der Waals surface area contributed by atoms with Crippen LogP contribution in [0.5, 0.6) is 0 Å². The molecule has 2 rings (SSSR count). The second kappa shape index (κ2) is 5.16. The lowest BCUT2D eigenvalue weighted by Crippen LogP contribution is -1.94. The SMILES string of the molecule is Cn1ncc(Br)c1/C=C/C(=O)c1ccc(Cl)s1. The zero-order chi connectivity index (χ0) is 12.4. The number of aryl methyl sites for hydroxylation is 1. The van der Waals surface area contributed by atoms with Crippen molar-refractivity contribution in [2.75, 3.05) is 0 Å². The molecule has 2 aromatic heterocycles. The van der Waals surface area contributed by atoms with Gasteiger partial charge in [-0.05, 0) is 40.2 Å². The van der Waals surface area contributed by atoms with Gasteiger partial charge in [0.15, 0.2) is 5.78 Å². The van der Waals surface area contributed by atoms with E-state index in [1.807, 2.05) is 7.05 Å². The van der Waals surface area contributed by atoms with E-state index < -0.39 is 0 Å². The van der Waals surface area contributed by atoms with E-state index in [9.17, 15) is 4.79 Å². The Morgan fingerprint density at radius 2 is 2.35 bits per heavy atom.